The third-order valence-electron chi connectivity index (χ3n) is 3.61. The molecule has 1 fully saturated rings. The van der Waals surface area contributed by atoms with Gasteiger partial charge in [-0.3, -0.25) is 9.97 Å². The first-order chi connectivity index (χ1) is 9.33. The summed E-state index contributed by atoms with van der Waals surface area (Å²) in [6.07, 6.45) is 9.22. The summed E-state index contributed by atoms with van der Waals surface area (Å²) in [5.74, 6) is 1.55. The Balaban J connectivity index is 1.67. The van der Waals surface area contributed by atoms with Gasteiger partial charge in [0.25, 0.3) is 0 Å². The number of anilines is 1. The lowest BCUT2D eigenvalue weighted by Crippen LogP contribution is -2.33. The van der Waals surface area contributed by atoms with Crippen LogP contribution in [0.2, 0.25) is 0 Å². The summed E-state index contributed by atoms with van der Waals surface area (Å²) in [7, 11) is 0. The van der Waals surface area contributed by atoms with Crippen LogP contribution in [0.4, 0.5) is 5.82 Å². The average Bonchev–Trinajstić information content (AvgIpc) is 2.48. The predicted molar refractivity (Wildman–Crippen MR) is 73.0 cm³/mol. The molecule has 5 nitrogen and oxygen atoms in total. The first kappa shape index (κ1) is 12.0. The lowest BCUT2D eigenvalue weighted by Gasteiger charge is -2.32. The van der Waals surface area contributed by atoms with Crippen molar-refractivity contribution in [3.05, 3.63) is 42.4 Å². The molecule has 5 heteroatoms. The van der Waals surface area contributed by atoms with Crippen molar-refractivity contribution in [1.82, 2.24) is 19.9 Å². The van der Waals surface area contributed by atoms with Gasteiger partial charge in [0.15, 0.2) is 0 Å². The van der Waals surface area contributed by atoms with Gasteiger partial charge in [-0.1, -0.05) is 0 Å². The molecular formula is C14H17N5. The number of nitrogens with zero attached hydrogens (tertiary/aromatic N) is 5. The highest BCUT2D eigenvalue weighted by atomic mass is 15.2. The van der Waals surface area contributed by atoms with Crippen LogP contribution < -0.4 is 4.90 Å². The van der Waals surface area contributed by atoms with Crippen molar-refractivity contribution in [2.75, 3.05) is 18.0 Å². The Morgan fingerprint density at radius 1 is 1.11 bits per heavy atom. The number of piperidine rings is 1. The molecule has 19 heavy (non-hydrogen) atoms. The second kappa shape index (κ2) is 5.30. The third-order valence-corrected chi connectivity index (χ3v) is 3.61. The Morgan fingerprint density at radius 3 is 2.63 bits per heavy atom. The van der Waals surface area contributed by atoms with Gasteiger partial charge >= 0.3 is 0 Å². The zero-order valence-corrected chi connectivity index (χ0v) is 11.0. The SMILES string of the molecule is Cc1cc(N2CCC(c3cnccn3)CC2)ncn1. The maximum Gasteiger partial charge on any atom is 0.132 e. The van der Waals surface area contributed by atoms with Crippen molar-refractivity contribution >= 4 is 5.82 Å². The molecule has 3 heterocycles. The van der Waals surface area contributed by atoms with E-state index < -0.39 is 0 Å². The van der Waals surface area contributed by atoms with Crippen molar-refractivity contribution < 1.29 is 0 Å². The van der Waals surface area contributed by atoms with Crippen molar-refractivity contribution in [1.29, 1.82) is 0 Å². The van der Waals surface area contributed by atoms with Gasteiger partial charge in [-0.25, -0.2) is 9.97 Å². The molecule has 0 bridgehead atoms. The summed E-state index contributed by atoms with van der Waals surface area (Å²) in [4.78, 5) is 19.4. The molecule has 1 aliphatic heterocycles. The van der Waals surface area contributed by atoms with Crippen molar-refractivity contribution in [3.8, 4) is 0 Å². The highest BCUT2D eigenvalue weighted by molar-refractivity contribution is 5.39. The molecule has 2 aromatic heterocycles. The summed E-state index contributed by atoms with van der Waals surface area (Å²) in [5.41, 5.74) is 2.13. The molecule has 1 aliphatic rings. The molecule has 0 spiro atoms. The van der Waals surface area contributed by atoms with Gasteiger partial charge in [0.2, 0.25) is 0 Å². The van der Waals surface area contributed by atoms with Gasteiger partial charge in [0.1, 0.15) is 12.1 Å². The Kier molecular flexibility index (Phi) is 3.35. The van der Waals surface area contributed by atoms with Crippen molar-refractivity contribution in [3.63, 3.8) is 0 Å². The third kappa shape index (κ3) is 2.70. The number of hydrogen-bond donors (Lipinski definition) is 0. The van der Waals surface area contributed by atoms with Crippen LogP contribution in [-0.2, 0) is 0 Å². The maximum absolute atomic E-state index is 4.41. The maximum atomic E-state index is 4.41. The zero-order chi connectivity index (χ0) is 13.1. The van der Waals surface area contributed by atoms with Gasteiger partial charge in [-0.2, -0.15) is 0 Å². The molecule has 0 saturated carbocycles. The van der Waals surface area contributed by atoms with Gasteiger partial charge in [0.05, 0.1) is 5.69 Å². The second-order valence-electron chi connectivity index (χ2n) is 4.91. The van der Waals surface area contributed by atoms with E-state index in [0.29, 0.717) is 5.92 Å². The summed E-state index contributed by atoms with van der Waals surface area (Å²) in [5, 5.41) is 0. The van der Waals surface area contributed by atoms with Crippen LogP contribution in [0.1, 0.15) is 30.1 Å². The van der Waals surface area contributed by atoms with Crippen molar-refractivity contribution in [2.24, 2.45) is 0 Å². The number of aromatic nitrogens is 4. The molecule has 0 aromatic carbocycles. The molecule has 2 aromatic rings. The Morgan fingerprint density at radius 2 is 1.95 bits per heavy atom. The lowest BCUT2D eigenvalue weighted by molar-refractivity contribution is 0.492. The van der Waals surface area contributed by atoms with E-state index in [-0.39, 0.29) is 0 Å². The normalized spacial score (nSPS) is 16.6. The zero-order valence-electron chi connectivity index (χ0n) is 11.0. The van der Waals surface area contributed by atoms with E-state index >= 15 is 0 Å². The topological polar surface area (TPSA) is 54.8 Å². The largest absolute Gasteiger partial charge is 0.356 e. The Hall–Kier alpha value is -2.04. The first-order valence-electron chi connectivity index (χ1n) is 6.62. The number of rotatable bonds is 2. The fourth-order valence-corrected chi connectivity index (χ4v) is 2.54. The minimum absolute atomic E-state index is 0.521. The second-order valence-corrected chi connectivity index (χ2v) is 4.91. The first-order valence-corrected chi connectivity index (χ1v) is 6.62. The minimum atomic E-state index is 0.521. The quantitative estimate of drug-likeness (QED) is 0.821. The van der Waals surface area contributed by atoms with Crippen LogP contribution in [0.5, 0.6) is 0 Å². The standard InChI is InChI=1S/C14H17N5/c1-11-8-14(18-10-17-11)19-6-2-12(3-7-19)13-9-15-4-5-16-13/h4-5,8-10,12H,2-3,6-7H2,1H3. The Labute approximate surface area is 112 Å². The lowest BCUT2D eigenvalue weighted by atomic mass is 9.94. The van der Waals surface area contributed by atoms with Crippen LogP contribution in [-0.4, -0.2) is 33.0 Å². The van der Waals surface area contributed by atoms with Gasteiger partial charge in [-0.15, -0.1) is 0 Å². The molecule has 0 amide bonds. The fraction of sp³-hybridized carbons (Fsp3) is 0.429. The Bertz CT molecular complexity index is 535. The number of hydrogen-bond acceptors (Lipinski definition) is 5. The molecule has 98 valence electrons. The van der Waals surface area contributed by atoms with Crippen LogP contribution in [0, 0.1) is 6.92 Å². The highest BCUT2D eigenvalue weighted by Crippen LogP contribution is 2.28. The van der Waals surface area contributed by atoms with E-state index in [0.717, 1.165) is 43.1 Å². The van der Waals surface area contributed by atoms with E-state index in [2.05, 4.69) is 24.8 Å². The molecule has 0 radical (unpaired) electrons. The summed E-state index contributed by atoms with van der Waals surface area (Å²) in [6.45, 7) is 4.02. The molecule has 3 rings (SSSR count). The molecule has 0 aliphatic carbocycles. The van der Waals surface area contributed by atoms with Crippen LogP contribution in [0.3, 0.4) is 0 Å². The highest BCUT2D eigenvalue weighted by Gasteiger charge is 2.22. The monoisotopic (exact) mass is 255 g/mol. The van der Waals surface area contributed by atoms with Gasteiger partial charge in [-0.05, 0) is 19.8 Å². The van der Waals surface area contributed by atoms with Crippen LogP contribution >= 0.6 is 0 Å². The van der Waals surface area contributed by atoms with Crippen LogP contribution in [0.25, 0.3) is 0 Å². The molecule has 1 saturated heterocycles. The van der Waals surface area contributed by atoms with Gasteiger partial charge < -0.3 is 4.90 Å². The average molecular weight is 255 g/mol. The molecular weight excluding hydrogens is 238 g/mol. The molecule has 0 N–H and O–H groups in total. The van der Waals surface area contributed by atoms with Crippen molar-refractivity contribution in [2.45, 2.75) is 25.7 Å². The summed E-state index contributed by atoms with van der Waals surface area (Å²) >= 11 is 0. The van der Waals surface area contributed by atoms with E-state index in [4.69, 9.17) is 0 Å². The van der Waals surface area contributed by atoms with Gasteiger partial charge in [0, 0.05) is 49.4 Å². The van der Waals surface area contributed by atoms with Crippen LogP contribution in [0.15, 0.2) is 31.0 Å². The fourth-order valence-electron chi connectivity index (χ4n) is 2.54. The van der Waals surface area contributed by atoms with E-state index in [1.54, 1.807) is 18.7 Å². The number of aryl methyl sites for hydroxylation is 1. The van der Waals surface area contributed by atoms with E-state index in [1.165, 1.54) is 0 Å². The van der Waals surface area contributed by atoms with E-state index in [9.17, 15) is 0 Å². The molecule has 0 unspecified atom stereocenters. The smallest absolute Gasteiger partial charge is 0.132 e. The molecule has 0 atom stereocenters. The predicted octanol–water partition coefficient (Wildman–Crippen LogP) is 1.96. The summed E-state index contributed by atoms with van der Waals surface area (Å²) < 4.78 is 0. The van der Waals surface area contributed by atoms with E-state index in [1.807, 2.05) is 19.2 Å². The minimum Gasteiger partial charge on any atom is -0.356 e. The summed E-state index contributed by atoms with van der Waals surface area (Å²) in [6, 6.07) is 2.04.